The van der Waals surface area contributed by atoms with Crippen LogP contribution in [0.15, 0.2) is 51.7 Å². The normalized spacial score (nSPS) is 17.2. The monoisotopic (exact) mass is 454 g/mol. The summed E-state index contributed by atoms with van der Waals surface area (Å²) in [6.45, 7) is 0.407. The Labute approximate surface area is 187 Å². The summed E-state index contributed by atoms with van der Waals surface area (Å²) in [6.07, 6.45) is 1.49. The lowest BCUT2D eigenvalue weighted by Crippen LogP contribution is -2.44. The Balaban J connectivity index is 1.72. The lowest BCUT2D eigenvalue weighted by molar-refractivity contribution is -0.146. The third-order valence-electron chi connectivity index (χ3n) is 5.60. The molecule has 2 atom stereocenters. The van der Waals surface area contributed by atoms with Crippen molar-refractivity contribution in [3.8, 4) is 11.1 Å². The van der Waals surface area contributed by atoms with Crippen LogP contribution in [0.2, 0.25) is 5.02 Å². The van der Waals surface area contributed by atoms with E-state index in [4.69, 9.17) is 16.0 Å². The number of hydrogen-bond donors (Lipinski definition) is 1. The Morgan fingerprint density at radius 3 is 2.72 bits per heavy atom. The highest BCUT2D eigenvalue weighted by Crippen LogP contribution is 2.32. The van der Waals surface area contributed by atoms with Crippen LogP contribution in [-0.2, 0) is 14.4 Å². The molecule has 1 aliphatic rings. The highest BCUT2D eigenvalue weighted by Gasteiger charge is 2.33. The molecule has 0 saturated carbocycles. The molecule has 9 heteroatoms. The van der Waals surface area contributed by atoms with Gasteiger partial charge in [0.25, 0.3) is 0 Å². The topological polar surface area (TPSA) is 118 Å². The average Bonchev–Trinajstić information content (AvgIpc) is 2.79. The third-order valence-corrected chi connectivity index (χ3v) is 5.93. The van der Waals surface area contributed by atoms with Gasteiger partial charge in [-0.3, -0.25) is 9.59 Å². The van der Waals surface area contributed by atoms with E-state index in [9.17, 15) is 24.3 Å². The zero-order valence-corrected chi connectivity index (χ0v) is 17.6. The molecule has 1 aromatic carbocycles. The summed E-state index contributed by atoms with van der Waals surface area (Å²) in [6, 6.07) is 11.5. The van der Waals surface area contributed by atoms with Gasteiger partial charge in [0.05, 0.1) is 11.6 Å². The molecule has 0 radical (unpaired) electrons. The second-order valence-electron chi connectivity index (χ2n) is 7.62. The standard InChI is InChI=1S/C23H19ClN2O6/c24-18-6-2-1-5-14(18)16-10-20(28)32-21-15(16)7-8-19(25-21)17(12-27)22(29)26-9-3-4-13(11-26)23(30)31/h1-2,5-8,10,12-13,17H,3-4,9,11H2,(H,30,31)/t13-,17-/m0/s1. The van der Waals surface area contributed by atoms with Crippen molar-refractivity contribution >= 4 is 40.9 Å². The van der Waals surface area contributed by atoms with E-state index >= 15 is 0 Å². The summed E-state index contributed by atoms with van der Waals surface area (Å²) in [5, 5.41) is 10.2. The van der Waals surface area contributed by atoms with Gasteiger partial charge < -0.3 is 19.2 Å². The van der Waals surface area contributed by atoms with Crippen LogP contribution in [0.5, 0.6) is 0 Å². The molecule has 1 saturated heterocycles. The van der Waals surface area contributed by atoms with Crippen molar-refractivity contribution < 1.29 is 23.9 Å². The molecule has 8 nitrogen and oxygen atoms in total. The van der Waals surface area contributed by atoms with Crippen LogP contribution in [0.4, 0.5) is 0 Å². The van der Waals surface area contributed by atoms with E-state index in [1.807, 2.05) is 0 Å². The number of piperidine rings is 1. The van der Waals surface area contributed by atoms with Gasteiger partial charge in [0, 0.05) is 40.7 Å². The molecular formula is C23H19ClN2O6. The number of benzene rings is 1. The average molecular weight is 455 g/mol. The number of likely N-dealkylation sites (tertiary alicyclic amines) is 1. The molecule has 4 rings (SSSR count). The van der Waals surface area contributed by atoms with Crippen LogP contribution in [0.25, 0.3) is 22.2 Å². The van der Waals surface area contributed by atoms with Gasteiger partial charge in [0.15, 0.2) is 0 Å². The second-order valence-corrected chi connectivity index (χ2v) is 8.03. The van der Waals surface area contributed by atoms with Crippen molar-refractivity contribution in [2.24, 2.45) is 5.92 Å². The Kier molecular flexibility index (Phi) is 6.05. The first-order valence-electron chi connectivity index (χ1n) is 10.1. The number of aldehydes is 1. The van der Waals surface area contributed by atoms with Crippen molar-refractivity contribution in [3.05, 3.63) is 63.6 Å². The van der Waals surface area contributed by atoms with Crippen molar-refractivity contribution in [1.29, 1.82) is 0 Å². The van der Waals surface area contributed by atoms with Crippen molar-refractivity contribution in [1.82, 2.24) is 9.88 Å². The molecule has 1 amide bonds. The van der Waals surface area contributed by atoms with Gasteiger partial charge in [-0.2, -0.15) is 0 Å². The smallest absolute Gasteiger partial charge is 0.338 e. The van der Waals surface area contributed by atoms with E-state index in [2.05, 4.69) is 4.98 Å². The summed E-state index contributed by atoms with van der Waals surface area (Å²) in [5.41, 5.74) is 0.597. The Morgan fingerprint density at radius 2 is 2.00 bits per heavy atom. The molecule has 0 spiro atoms. The number of pyridine rings is 1. The molecule has 0 aliphatic carbocycles. The number of rotatable bonds is 5. The number of carbonyl (C=O) groups excluding carboxylic acids is 2. The number of aliphatic carboxylic acids is 1. The van der Waals surface area contributed by atoms with Crippen LogP contribution in [0, 0.1) is 5.92 Å². The molecule has 2 aromatic heterocycles. The van der Waals surface area contributed by atoms with E-state index in [1.165, 1.54) is 17.0 Å². The molecule has 1 aliphatic heterocycles. The van der Waals surface area contributed by atoms with Gasteiger partial charge in [0.1, 0.15) is 12.2 Å². The van der Waals surface area contributed by atoms with Gasteiger partial charge in [-0.05, 0) is 31.0 Å². The summed E-state index contributed by atoms with van der Waals surface area (Å²) in [4.78, 5) is 54.0. The van der Waals surface area contributed by atoms with Gasteiger partial charge >= 0.3 is 11.6 Å². The first kappa shape index (κ1) is 21.7. The fourth-order valence-corrected chi connectivity index (χ4v) is 4.20. The summed E-state index contributed by atoms with van der Waals surface area (Å²) in [5.74, 6) is -3.40. The first-order chi connectivity index (χ1) is 15.4. The zero-order chi connectivity index (χ0) is 22.8. The van der Waals surface area contributed by atoms with Gasteiger partial charge in [-0.25, -0.2) is 9.78 Å². The number of carboxylic acid groups (broad SMARTS) is 1. The quantitative estimate of drug-likeness (QED) is 0.464. The van der Waals surface area contributed by atoms with Crippen LogP contribution in [0.3, 0.4) is 0 Å². The van der Waals surface area contributed by atoms with E-state index in [0.717, 1.165) is 0 Å². The van der Waals surface area contributed by atoms with Gasteiger partial charge in [0.2, 0.25) is 11.6 Å². The Morgan fingerprint density at radius 1 is 1.22 bits per heavy atom. The first-order valence-corrected chi connectivity index (χ1v) is 10.4. The number of halogens is 1. The highest BCUT2D eigenvalue weighted by molar-refractivity contribution is 6.33. The largest absolute Gasteiger partial charge is 0.481 e. The Hall–Kier alpha value is -3.52. The lowest BCUT2D eigenvalue weighted by atomic mass is 9.95. The number of carbonyl (C=O) groups is 3. The summed E-state index contributed by atoms with van der Waals surface area (Å²) in [7, 11) is 0. The molecule has 0 bridgehead atoms. The fraction of sp³-hybridized carbons (Fsp3) is 0.261. The van der Waals surface area contributed by atoms with Crippen molar-refractivity contribution in [3.63, 3.8) is 0 Å². The molecule has 0 unspecified atom stereocenters. The van der Waals surface area contributed by atoms with Crippen LogP contribution in [0.1, 0.15) is 24.5 Å². The molecule has 1 fully saturated rings. The van der Waals surface area contributed by atoms with Gasteiger partial charge in [-0.1, -0.05) is 29.8 Å². The zero-order valence-electron chi connectivity index (χ0n) is 16.9. The minimum Gasteiger partial charge on any atom is -0.481 e. The number of aromatic nitrogens is 1. The minimum atomic E-state index is -1.23. The van der Waals surface area contributed by atoms with E-state index < -0.39 is 29.3 Å². The maximum Gasteiger partial charge on any atom is 0.338 e. The van der Waals surface area contributed by atoms with E-state index in [0.29, 0.717) is 47.2 Å². The second kappa shape index (κ2) is 8.92. The van der Waals surface area contributed by atoms with E-state index in [-0.39, 0.29) is 18.0 Å². The van der Waals surface area contributed by atoms with Crippen LogP contribution in [-0.4, -0.2) is 46.2 Å². The minimum absolute atomic E-state index is 0.0216. The lowest BCUT2D eigenvalue weighted by Gasteiger charge is -2.32. The number of amides is 1. The number of nitrogens with zero attached hydrogens (tertiary/aromatic N) is 2. The molecule has 164 valence electrons. The molecule has 3 aromatic rings. The van der Waals surface area contributed by atoms with Crippen LogP contribution < -0.4 is 5.63 Å². The van der Waals surface area contributed by atoms with E-state index in [1.54, 1.807) is 30.3 Å². The fourth-order valence-electron chi connectivity index (χ4n) is 3.96. The third kappa shape index (κ3) is 4.13. The maximum atomic E-state index is 13.0. The summed E-state index contributed by atoms with van der Waals surface area (Å²) < 4.78 is 5.24. The Bertz CT molecular complexity index is 1270. The highest BCUT2D eigenvalue weighted by atomic mass is 35.5. The SMILES string of the molecule is O=C[C@H](C(=O)N1CCC[C@H](C(=O)O)C1)c1ccc2c(-c3ccccc3Cl)cc(=O)oc2n1. The summed E-state index contributed by atoms with van der Waals surface area (Å²) >= 11 is 6.29. The molecular weight excluding hydrogens is 436 g/mol. The maximum absolute atomic E-state index is 13.0. The molecule has 1 N–H and O–H groups in total. The van der Waals surface area contributed by atoms with Crippen molar-refractivity contribution in [2.45, 2.75) is 18.8 Å². The van der Waals surface area contributed by atoms with Gasteiger partial charge in [-0.15, -0.1) is 0 Å². The predicted molar refractivity (Wildman–Crippen MR) is 116 cm³/mol. The molecule has 3 heterocycles. The number of carboxylic acids is 1. The molecule has 32 heavy (non-hydrogen) atoms. The van der Waals surface area contributed by atoms with Crippen LogP contribution >= 0.6 is 11.6 Å². The number of fused-ring (bicyclic) bond motifs is 1. The predicted octanol–water partition coefficient (Wildman–Crippen LogP) is 3.11. The number of hydrogen-bond acceptors (Lipinski definition) is 6. The van der Waals surface area contributed by atoms with Crippen molar-refractivity contribution in [2.75, 3.05) is 13.1 Å².